The van der Waals surface area contributed by atoms with Crippen LogP contribution in [0.25, 0.3) is 0 Å². The summed E-state index contributed by atoms with van der Waals surface area (Å²) in [6.07, 6.45) is 3.24. The number of hydrogen-bond donors (Lipinski definition) is 2. The summed E-state index contributed by atoms with van der Waals surface area (Å²) in [4.78, 5) is 12.8. The second-order valence-corrected chi connectivity index (χ2v) is 4.56. The smallest absolute Gasteiger partial charge is 0.213 e. The molecular formula is C14H22IN7O. The van der Waals surface area contributed by atoms with Crippen LogP contribution in [-0.4, -0.2) is 39.4 Å². The first-order valence-electron chi connectivity index (χ1n) is 7.07. The van der Waals surface area contributed by atoms with Gasteiger partial charge in [-0.15, -0.1) is 24.0 Å². The summed E-state index contributed by atoms with van der Waals surface area (Å²) in [5, 5.41) is 10.5. The highest BCUT2D eigenvalue weighted by Gasteiger charge is 2.03. The Morgan fingerprint density at radius 1 is 1.35 bits per heavy atom. The maximum atomic E-state index is 5.11. The van der Waals surface area contributed by atoms with Gasteiger partial charge >= 0.3 is 0 Å². The minimum Gasteiger partial charge on any atom is -0.481 e. The number of guanidine groups is 1. The molecule has 0 unspecified atom stereocenters. The van der Waals surface area contributed by atoms with Gasteiger partial charge in [-0.05, 0) is 18.6 Å². The lowest BCUT2D eigenvalue weighted by molar-refractivity contribution is 0.397. The van der Waals surface area contributed by atoms with Crippen LogP contribution in [0.3, 0.4) is 0 Å². The molecule has 2 heterocycles. The molecule has 2 aromatic rings. The Morgan fingerprint density at radius 2 is 2.17 bits per heavy atom. The average molecular weight is 431 g/mol. The number of ether oxygens (including phenoxy) is 1. The molecule has 0 amide bonds. The normalized spacial score (nSPS) is 10.8. The van der Waals surface area contributed by atoms with E-state index in [2.05, 4.69) is 30.7 Å². The van der Waals surface area contributed by atoms with Crippen molar-refractivity contribution in [2.24, 2.45) is 12.0 Å². The molecule has 0 aromatic carbocycles. The van der Waals surface area contributed by atoms with Crippen molar-refractivity contribution in [1.82, 2.24) is 30.4 Å². The van der Waals surface area contributed by atoms with Gasteiger partial charge in [0.25, 0.3) is 0 Å². The molecular weight excluding hydrogens is 409 g/mol. The Labute approximate surface area is 152 Å². The Bertz CT molecular complexity index is 629. The van der Waals surface area contributed by atoms with E-state index in [1.165, 1.54) is 6.33 Å². The summed E-state index contributed by atoms with van der Waals surface area (Å²) in [5.74, 6) is 2.15. The third-order valence-corrected chi connectivity index (χ3v) is 2.99. The van der Waals surface area contributed by atoms with Gasteiger partial charge in [0.15, 0.2) is 5.96 Å². The maximum absolute atomic E-state index is 5.11. The quantitative estimate of drug-likeness (QED) is 0.405. The van der Waals surface area contributed by atoms with E-state index in [0.717, 1.165) is 23.9 Å². The highest BCUT2D eigenvalue weighted by atomic mass is 127. The van der Waals surface area contributed by atoms with Crippen molar-refractivity contribution in [1.29, 1.82) is 0 Å². The van der Waals surface area contributed by atoms with Gasteiger partial charge in [-0.2, -0.15) is 5.10 Å². The van der Waals surface area contributed by atoms with Crippen molar-refractivity contribution < 1.29 is 4.74 Å². The van der Waals surface area contributed by atoms with Crippen molar-refractivity contribution in [2.75, 3.05) is 13.7 Å². The first-order chi connectivity index (χ1) is 10.7. The molecule has 126 valence electrons. The van der Waals surface area contributed by atoms with Crippen LogP contribution in [0.15, 0.2) is 29.6 Å². The van der Waals surface area contributed by atoms with Crippen molar-refractivity contribution in [3.05, 3.63) is 36.0 Å². The SMILES string of the molecule is CCNC(=NCc1ccnc(OC)c1)NCc1ncnn1C.I. The van der Waals surface area contributed by atoms with Gasteiger partial charge in [0.1, 0.15) is 12.2 Å². The topological polar surface area (TPSA) is 89.2 Å². The van der Waals surface area contributed by atoms with Gasteiger partial charge in [0.05, 0.1) is 20.2 Å². The number of rotatable bonds is 6. The van der Waals surface area contributed by atoms with Crippen LogP contribution >= 0.6 is 24.0 Å². The van der Waals surface area contributed by atoms with Crippen molar-refractivity contribution in [3.8, 4) is 5.88 Å². The molecule has 8 nitrogen and oxygen atoms in total. The Hall–Kier alpha value is -1.91. The molecule has 0 spiro atoms. The van der Waals surface area contributed by atoms with E-state index in [1.54, 1.807) is 18.0 Å². The molecule has 0 saturated carbocycles. The fourth-order valence-electron chi connectivity index (χ4n) is 1.82. The van der Waals surface area contributed by atoms with E-state index in [0.29, 0.717) is 19.0 Å². The van der Waals surface area contributed by atoms with E-state index in [9.17, 15) is 0 Å². The third-order valence-electron chi connectivity index (χ3n) is 2.99. The first kappa shape index (κ1) is 19.1. The highest BCUT2D eigenvalue weighted by molar-refractivity contribution is 14.0. The monoisotopic (exact) mass is 431 g/mol. The molecule has 0 bridgehead atoms. The van der Waals surface area contributed by atoms with Gasteiger partial charge in [0.2, 0.25) is 5.88 Å². The standard InChI is InChI=1S/C14H21N7O.HI/c1-4-15-14(18-9-12-19-10-20-21(12)2)17-8-11-5-6-16-13(7-11)22-3;/h5-7,10H,4,8-9H2,1-3H3,(H2,15,17,18);1H. The third kappa shape index (κ3) is 6.00. The molecule has 9 heteroatoms. The number of pyridine rings is 1. The molecule has 23 heavy (non-hydrogen) atoms. The largest absolute Gasteiger partial charge is 0.481 e. The van der Waals surface area contributed by atoms with Crippen LogP contribution in [0.1, 0.15) is 18.3 Å². The Morgan fingerprint density at radius 3 is 2.83 bits per heavy atom. The number of nitrogens with zero attached hydrogens (tertiary/aromatic N) is 5. The molecule has 2 N–H and O–H groups in total. The summed E-state index contributed by atoms with van der Waals surface area (Å²) in [6.45, 7) is 3.90. The number of methoxy groups -OCH3 is 1. The Kier molecular flexibility index (Phi) is 8.30. The van der Waals surface area contributed by atoms with Gasteiger partial charge in [-0.25, -0.2) is 15.0 Å². The number of nitrogens with one attached hydrogen (secondary N) is 2. The lowest BCUT2D eigenvalue weighted by Crippen LogP contribution is -2.37. The fourth-order valence-corrected chi connectivity index (χ4v) is 1.82. The molecule has 0 aliphatic heterocycles. The minimum atomic E-state index is 0. The number of aliphatic imine (C=N–C) groups is 1. The summed E-state index contributed by atoms with van der Waals surface area (Å²) >= 11 is 0. The highest BCUT2D eigenvalue weighted by Crippen LogP contribution is 2.09. The number of halogens is 1. The number of aryl methyl sites for hydroxylation is 1. The van der Waals surface area contributed by atoms with Crippen LogP contribution in [0.2, 0.25) is 0 Å². The summed E-state index contributed by atoms with van der Waals surface area (Å²) in [6, 6.07) is 3.79. The molecule has 2 aromatic heterocycles. The van der Waals surface area contributed by atoms with Crippen LogP contribution in [0, 0.1) is 0 Å². The molecule has 0 aliphatic carbocycles. The van der Waals surface area contributed by atoms with Crippen molar-refractivity contribution >= 4 is 29.9 Å². The zero-order chi connectivity index (χ0) is 15.8. The van der Waals surface area contributed by atoms with Crippen LogP contribution in [0.5, 0.6) is 5.88 Å². The second-order valence-electron chi connectivity index (χ2n) is 4.56. The molecule has 0 saturated heterocycles. The summed E-state index contributed by atoms with van der Waals surface area (Å²) in [7, 11) is 3.46. The first-order valence-corrected chi connectivity index (χ1v) is 7.07. The van der Waals surface area contributed by atoms with Gasteiger partial charge < -0.3 is 15.4 Å². The molecule has 0 fully saturated rings. The fraction of sp³-hybridized carbons (Fsp3) is 0.429. The predicted molar refractivity (Wildman–Crippen MR) is 98.9 cm³/mol. The lowest BCUT2D eigenvalue weighted by atomic mass is 10.3. The molecule has 2 rings (SSSR count). The van der Waals surface area contributed by atoms with E-state index < -0.39 is 0 Å². The zero-order valence-electron chi connectivity index (χ0n) is 13.5. The molecule has 0 aliphatic rings. The van der Waals surface area contributed by atoms with E-state index in [4.69, 9.17) is 4.74 Å². The van der Waals surface area contributed by atoms with Gasteiger partial charge in [0, 0.05) is 25.9 Å². The number of aromatic nitrogens is 4. The molecule has 0 radical (unpaired) electrons. The maximum Gasteiger partial charge on any atom is 0.213 e. The van der Waals surface area contributed by atoms with Gasteiger partial charge in [-0.3, -0.25) is 4.68 Å². The predicted octanol–water partition coefficient (Wildman–Crippen LogP) is 1.09. The zero-order valence-corrected chi connectivity index (χ0v) is 15.8. The van der Waals surface area contributed by atoms with Crippen LogP contribution < -0.4 is 15.4 Å². The van der Waals surface area contributed by atoms with E-state index in [1.807, 2.05) is 26.1 Å². The second kappa shape index (κ2) is 9.98. The summed E-state index contributed by atoms with van der Waals surface area (Å²) in [5.41, 5.74) is 1.03. The van der Waals surface area contributed by atoms with E-state index in [-0.39, 0.29) is 24.0 Å². The van der Waals surface area contributed by atoms with Crippen molar-refractivity contribution in [3.63, 3.8) is 0 Å². The average Bonchev–Trinajstić information content (AvgIpc) is 2.95. The lowest BCUT2D eigenvalue weighted by Gasteiger charge is -2.11. The van der Waals surface area contributed by atoms with Gasteiger partial charge in [-0.1, -0.05) is 0 Å². The summed E-state index contributed by atoms with van der Waals surface area (Å²) < 4.78 is 6.84. The van der Waals surface area contributed by atoms with E-state index >= 15 is 0 Å². The van der Waals surface area contributed by atoms with Crippen LogP contribution in [0.4, 0.5) is 0 Å². The number of hydrogen-bond acceptors (Lipinski definition) is 5. The minimum absolute atomic E-state index is 0. The van der Waals surface area contributed by atoms with Crippen LogP contribution in [-0.2, 0) is 20.1 Å². The Balaban J connectivity index is 0.00000264. The molecule has 0 atom stereocenters. The van der Waals surface area contributed by atoms with Crippen molar-refractivity contribution in [2.45, 2.75) is 20.0 Å².